The van der Waals surface area contributed by atoms with E-state index in [2.05, 4.69) is 60.8 Å². The van der Waals surface area contributed by atoms with E-state index in [1.54, 1.807) is 0 Å². The van der Waals surface area contributed by atoms with Gasteiger partial charge in [-0.15, -0.1) is 0 Å². The number of nitrogens with one attached hydrogen (secondary N) is 1. The van der Waals surface area contributed by atoms with E-state index in [4.69, 9.17) is 4.74 Å². The monoisotopic (exact) mass is 281 g/mol. The fourth-order valence-electron chi connectivity index (χ4n) is 3.17. The predicted octanol–water partition coefficient (Wildman–Crippen LogP) is 3.69. The molecule has 2 nitrogen and oxygen atoms in total. The molecule has 21 heavy (non-hydrogen) atoms. The second-order valence-corrected chi connectivity index (χ2v) is 5.68. The maximum absolute atomic E-state index is 5.65. The number of hydrogen-bond acceptors (Lipinski definition) is 2. The SMILES string of the molecule is CCOC(C)CNC1c2ccccc2Cc2ccccc21. The van der Waals surface area contributed by atoms with Crippen LogP contribution in [-0.4, -0.2) is 19.3 Å². The summed E-state index contributed by atoms with van der Waals surface area (Å²) in [7, 11) is 0. The van der Waals surface area contributed by atoms with Crippen LogP contribution < -0.4 is 5.32 Å². The highest BCUT2D eigenvalue weighted by Gasteiger charge is 2.24. The van der Waals surface area contributed by atoms with Crippen LogP contribution in [0.2, 0.25) is 0 Å². The molecule has 2 heteroatoms. The van der Waals surface area contributed by atoms with Gasteiger partial charge in [-0.25, -0.2) is 0 Å². The van der Waals surface area contributed by atoms with Gasteiger partial charge in [0.05, 0.1) is 12.1 Å². The topological polar surface area (TPSA) is 21.3 Å². The molecule has 0 bridgehead atoms. The molecule has 0 saturated heterocycles. The fourth-order valence-corrected chi connectivity index (χ4v) is 3.17. The first-order valence-corrected chi connectivity index (χ1v) is 7.80. The lowest BCUT2D eigenvalue weighted by Gasteiger charge is -2.30. The van der Waals surface area contributed by atoms with E-state index in [1.165, 1.54) is 22.3 Å². The molecule has 1 aliphatic rings. The summed E-state index contributed by atoms with van der Waals surface area (Å²) < 4.78 is 5.65. The summed E-state index contributed by atoms with van der Waals surface area (Å²) in [4.78, 5) is 0. The van der Waals surface area contributed by atoms with Gasteiger partial charge in [0.25, 0.3) is 0 Å². The first kappa shape index (κ1) is 14.3. The predicted molar refractivity (Wildman–Crippen MR) is 86.6 cm³/mol. The molecular formula is C19H23NO. The average molecular weight is 281 g/mol. The third-order valence-electron chi connectivity index (χ3n) is 4.17. The lowest BCUT2D eigenvalue weighted by molar-refractivity contribution is 0.0747. The van der Waals surface area contributed by atoms with Crippen molar-refractivity contribution < 1.29 is 4.74 Å². The largest absolute Gasteiger partial charge is 0.377 e. The summed E-state index contributed by atoms with van der Waals surface area (Å²) in [6, 6.07) is 17.8. The van der Waals surface area contributed by atoms with Gasteiger partial charge in [-0.2, -0.15) is 0 Å². The number of benzene rings is 2. The summed E-state index contributed by atoms with van der Waals surface area (Å²) in [5.41, 5.74) is 5.66. The smallest absolute Gasteiger partial charge is 0.0671 e. The molecule has 1 N–H and O–H groups in total. The minimum Gasteiger partial charge on any atom is -0.377 e. The van der Waals surface area contributed by atoms with Crippen molar-refractivity contribution in [2.24, 2.45) is 0 Å². The molecule has 0 aliphatic heterocycles. The van der Waals surface area contributed by atoms with Crippen LogP contribution in [0, 0.1) is 0 Å². The van der Waals surface area contributed by atoms with E-state index in [1.807, 2.05) is 6.92 Å². The normalized spacial score (nSPS) is 15.3. The van der Waals surface area contributed by atoms with Crippen molar-refractivity contribution in [2.75, 3.05) is 13.2 Å². The standard InChI is InChI=1S/C19H23NO/c1-3-21-14(2)13-20-19-17-10-6-4-8-15(17)12-16-9-5-7-11-18(16)19/h4-11,14,19-20H,3,12-13H2,1-2H3. The lowest BCUT2D eigenvalue weighted by atomic mass is 9.82. The quantitative estimate of drug-likeness (QED) is 0.902. The Kier molecular flexibility index (Phi) is 4.37. The summed E-state index contributed by atoms with van der Waals surface area (Å²) in [5.74, 6) is 0. The molecule has 0 spiro atoms. The zero-order valence-corrected chi connectivity index (χ0v) is 12.8. The average Bonchev–Trinajstić information content (AvgIpc) is 2.51. The van der Waals surface area contributed by atoms with Gasteiger partial charge in [0, 0.05) is 13.2 Å². The van der Waals surface area contributed by atoms with Crippen LogP contribution in [0.15, 0.2) is 48.5 Å². The molecule has 1 unspecified atom stereocenters. The highest BCUT2D eigenvalue weighted by atomic mass is 16.5. The van der Waals surface area contributed by atoms with Crippen molar-refractivity contribution in [1.82, 2.24) is 5.32 Å². The molecule has 0 fully saturated rings. The van der Waals surface area contributed by atoms with Crippen LogP contribution >= 0.6 is 0 Å². The van der Waals surface area contributed by atoms with Gasteiger partial charge in [0.1, 0.15) is 0 Å². The summed E-state index contributed by atoms with van der Waals surface area (Å²) >= 11 is 0. The number of ether oxygens (including phenoxy) is 1. The Hall–Kier alpha value is -1.64. The third kappa shape index (κ3) is 3.02. The zero-order valence-electron chi connectivity index (χ0n) is 12.8. The number of fused-ring (bicyclic) bond motifs is 2. The van der Waals surface area contributed by atoms with Gasteiger partial charge in [-0.3, -0.25) is 0 Å². The maximum Gasteiger partial charge on any atom is 0.0671 e. The summed E-state index contributed by atoms with van der Waals surface area (Å²) in [6.07, 6.45) is 1.27. The molecule has 1 aliphatic carbocycles. The van der Waals surface area contributed by atoms with Crippen LogP contribution in [-0.2, 0) is 11.2 Å². The molecule has 110 valence electrons. The van der Waals surface area contributed by atoms with Crippen molar-refractivity contribution in [3.63, 3.8) is 0 Å². The maximum atomic E-state index is 5.65. The third-order valence-corrected chi connectivity index (χ3v) is 4.17. The van der Waals surface area contributed by atoms with Gasteiger partial charge >= 0.3 is 0 Å². The minimum absolute atomic E-state index is 0.233. The van der Waals surface area contributed by atoms with Gasteiger partial charge in [0.2, 0.25) is 0 Å². The second-order valence-electron chi connectivity index (χ2n) is 5.68. The molecule has 3 rings (SSSR count). The van der Waals surface area contributed by atoms with Crippen molar-refractivity contribution >= 4 is 0 Å². The molecule has 2 aromatic rings. The first-order valence-electron chi connectivity index (χ1n) is 7.80. The van der Waals surface area contributed by atoms with Gasteiger partial charge < -0.3 is 10.1 Å². The Morgan fingerprint density at radius 2 is 1.62 bits per heavy atom. The fraction of sp³-hybridized carbons (Fsp3) is 0.368. The van der Waals surface area contributed by atoms with Crippen molar-refractivity contribution in [3.05, 3.63) is 70.8 Å². The molecule has 2 aromatic carbocycles. The van der Waals surface area contributed by atoms with Crippen LogP contribution in [0.1, 0.15) is 42.1 Å². The van der Waals surface area contributed by atoms with E-state index in [0.717, 1.165) is 19.6 Å². The Bertz CT molecular complexity index is 563. The number of hydrogen-bond donors (Lipinski definition) is 1. The number of rotatable bonds is 5. The molecule has 0 radical (unpaired) electrons. The molecule has 0 saturated carbocycles. The van der Waals surface area contributed by atoms with Crippen LogP contribution in [0.3, 0.4) is 0 Å². The van der Waals surface area contributed by atoms with E-state index in [-0.39, 0.29) is 12.1 Å². The van der Waals surface area contributed by atoms with Crippen LogP contribution in [0.25, 0.3) is 0 Å². The Balaban J connectivity index is 1.88. The van der Waals surface area contributed by atoms with Crippen LogP contribution in [0.5, 0.6) is 0 Å². The van der Waals surface area contributed by atoms with Crippen molar-refractivity contribution in [1.29, 1.82) is 0 Å². The second kappa shape index (κ2) is 6.42. The van der Waals surface area contributed by atoms with E-state index >= 15 is 0 Å². The lowest BCUT2D eigenvalue weighted by Crippen LogP contribution is -2.33. The van der Waals surface area contributed by atoms with E-state index < -0.39 is 0 Å². The molecule has 1 atom stereocenters. The van der Waals surface area contributed by atoms with Gasteiger partial charge in [0.15, 0.2) is 0 Å². The minimum atomic E-state index is 0.233. The van der Waals surface area contributed by atoms with Gasteiger partial charge in [-0.05, 0) is 42.5 Å². The Morgan fingerprint density at radius 3 is 2.19 bits per heavy atom. The molecule has 0 heterocycles. The molecule has 0 amide bonds. The van der Waals surface area contributed by atoms with Crippen molar-refractivity contribution in [2.45, 2.75) is 32.4 Å². The van der Waals surface area contributed by atoms with Crippen LogP contribution in [0.4, 0.5) is 0 Å². The highest BCUT2D eigenvalue weighted by molar-refractivity contribution is 5.48. The van der Waals surface area contributed by atoms with Crippen molar-refractivity contribution in [3.8, 4) is 0 Å². The van der Waals surface area contributed by atoms with Gasteiger partial charge in [-0.1, -0.05) is 48.5 Å². The van der Waals surface area contributed by atoms with E-state index in [9.17, 15) is 0 Å². The molecule has 0 aromatic heterocycles. The highest BCUT2D eigenvalue weighted by Crippen LogP contribution is 2.34. The Morgan fingerprint density at radius 1 is 1.05 bits per heavy atom. The zero-order chi connectivity index (χ0) is 14.7. The summed E-state index contributed by atoms with van der Waals surface area (Å²) in [6.45, 7) is 5.79. The van der Waals surface area contributed by atoms with E-state index in [0.29, 0.717) is 0 Å². The first-order chi connectivity index (χ1) is 10.3. The Labute approximate surface area is 127 Å². The molecular weight excluding hydrogens is 258 g/mol. The summed E-state index contributed by atoms with van der Waals surface area (Å²) in [5, 5.41) is 3.69.